The van der Waals surface area contributed by atoms with Gasteiger partial charge in [0.1, 0.15) is 12.0 Å². The summed E-state index contributed by atoms with van der Waals surface area (Å²) in [6.45, 7) is 3.73. The van der Waals surface area contributed by atoms with Crippen molar-refractivity contribution in [2.45, 2.75) is 39.5 Å². The first kappa shape index (κ1) is 13.2. The monoisotopic (exact) mass is 288 g/mol. The molecule has 1 aliphatic carbocycles. The van der Waals surface area contributed by atoms with E-state index in [1.54, 1.807) is 11.3 Å². The van der Waals surface area contributed by atoms with E-state index in [0.717, 1.165) is 29.8 Å². The summed E-state index contributed by atoms with van der Waals surface area (Å²) in [6.07, 6.45) is 5.92. The van der Waals surface area contributed by atoms with Crippen LogP contribution in [0.25, 0.3) is 0 Å². The molecule has 0 atom stereocenters. The Bertz CT molecular complexity index is 642. The molecule has 3 rings (SSSR count). The van der Waals surface area contributed by atoms with Crippen molar-refractivity contribution < 1.29 is 4.79 Å². The van der Waals surface area contributed by atoms with E-state index in [9.17, 15) is 4.79 Å². The number of hydrogen-bond acceptors (Lipinski definition) is 5. The number of aryl methyl sites for hydroxylation is 3. The normalized spacial score (nSPS) is 13.9. The molecule has 0 saturated heterocycles. The van der Waals surface area contributed by atoms with Gasteiger partial charge in [0.2, 0.25) is 0 Å². The Morgan fingerprint density at radius 1 is 1.25 bits per heavy atom. The molecular weight excluding hydrogens is 272 g/mol. The fourth-order valence-electron chi connectivity index (χ4n) is 2.33. The van der Waals surface area contributed by atoms with Gasteiger partial charge in [0.15, 0.2) is 5.13 Å². The van der Waals surface area contributed by atoms with E-state index in [4.69, 9.17) is 0 Å². The fraction of sp³-hybridized carbons (Fsp3) is 0.429. The van der Waals surface area contributed by atoms with Crippen LogP contribution in [0.1, 0.15) is 45.2 Å². The van der Waals surface area contributed by atoms with Crippen molar-refractivity contribution in [2.24, 2.45) is 0 Å². The van der Waals surface area contributed by atoms with E-state index in [1.807, 2.05) is 13.8 Å². The van der Waals surface area contributed by atoms with Crippen LogP contribution < -0.4 is 5.32 Å². The molecule has 1 N–H and O–H groups in total. The molecule has 0 bridgehead atoms. The maximum atomic E-state index is 12.3. The Hall–Kier alpha value is -1.82. The molecule has 0 aromatic carbocycles. The van der Waals surface area contributed by atoms with E-state index in [0.29, 0.717) is 10.8 Å². The van der Waals surface area contributed by atoms with Crippen LogP contribution in [0.5, 0.6) is 0 Å². The number of aromatic nitrogens is 3. The average molecular weight is 288 g/mol. The highest BCUT2D eigenvalue weighted by molar-refractivity contribution is 7.15. The Labute approximate surface area is 121 Å². The molecule has 0 fully saturated rings. The van der Waals surface area contributed by atoms with Crippen LogP contribution in [0.2, 0.25) is 0 Å². The Morgan fingerprint density at radius 3 is 2.85 bits per heavy atom. The van der Waals surface area contributed by atoms with Gasteiger partial charge in [-0.3, -0.25) is 10.1 Å². The third-order valence-corrected chi connectivity index (χ3v) is 4.69. The van der Waals surface area contributed by atoms with E-state index in [-0.39, 0.29) is 5.91 Å². The third-order valence-electron chi connectivity index (χ3n) is 3.62. The molecule has 0 saturated carbocycles. The Kier molecular flexibility index (Phi) is 3.48. The summed E-state index contributed by atoms with van der Waals surface area (Å²) in [5, 5.41) is 3.54. The van der Waals surface area contributed by atoms with Crippen LogP contribution >= 0.6 is 11.3 Å². The molecule has 1 aliphatic rings. The van der Waals surface area contributed by atoms with Crippen molar-refractivity contribution in [2.75, 3.05) is 5.32 Å². The van der Waals surface area contributed by atoms with Crippen LogP contribution in [-0.4, -0.2) is 20.9 Å². The van der Waals surface area contributed by atoms with Crippen LogP contribution in [0.4, 0.5) is 5.13 Å². The highest BCUT2D eigenvalue weighted by Crippen LogP contribution is 2.29. The molecule has 20 heavy (non-hydrogen) atoms. The number of fused-ring (bicyclic) bond motifs is 1. The third kappa shape index (κ3) is 2.43. The first-order valence-corrected chi connectivity index (χ1v) is 7.55. The van der Waals surface area contributed by atoms with Crippen molar-refractivity contribution >= 4 is 22.4 Å². The minimum absolute atomic E-state index is 0.209. The number of amides is 1. The van der Waals surface area contributed by atoms with Gasteiger partial charge in [-0.1, -0.05) is 0 Å². The molecule has 0 radical (unpaired) electrons. The molecule has 2 heterocycles. The van der Waals surface area contributed by atoms with E-state index < -0.39 is 0 Å². The highest BCUT2D eigenvalue weighted by Gasteiger charge is 2.18. The van der Waals surface area contributed by atoms with Crippen molar-refractivity contribution in [3.63, 3.8) is 0 Å². The first-order valence-electron chi connectivity index (χ1n) is 6.73. The SMILES string of the molecule is Cc1ncnc(C(=O)Nc2nc3c(s2)CCCC3)c1C. The average Bonchev–Trinajstić information content (AvgIpc) is 2.83. The van der Waals surface area contributed by atoms with Crippen LogP contribution in [0, 0.1) is 13.8 Å². The van der Waals surface area contributed by atoms with Gasteiger partial charge >= 0.3 is 0 Å². The first-order chi connectivity index (χ1) is 9.65. The largest absolute Gasteiger partial charge is 0.296 e. The van der Waals surface area contributed by atoms with E-state index in [1.165, 1.54) is 24.0 Å². The zero-order chi connectivity index (χ0) is 14.1. The van der Waals surface area contributed by atoms with Gasteiger partial charge < -0.3 is 0 Å². The summed E-state index contributed by atoms with van der Waals surface area (Å²) in [4.78, 5) is 26.2. The van der Waals surface area contributed by atoms with Crippen molar-refractivity contribution in [3.05, 3.63) is 33.8 Å². The zero-order valence-electron chi connectivity index (χ0n) is 11.6. The Morgan fingerprint density at radius 2 is 2.05 bits per heavy atom. The predicted octanol–water partition coefficient (Wildman–Crippen LogP) is 2.68. The van der Waals surface area contributed by atoms with Crippen LogP contribution in [-0.2, 0) is 12.8 Å². The molecule has 0 unspecified atom stereocenters. The predicted molar refractivity (Wildman–Crippen MR) is 78.2 cm³/mol. The number of anilines is 1. The van der Waals surface area contributed by atoms with Gasteiger partial charge in [-0.05, 0) is 39.5 Å². The lowest BCUT2D eigenvalue weighted by molar-refractivity contribution is 0.102. The van der Waals surface area contributed by atoms with Crippen molar-refractivity contribution in [1.29, 1.82) is 0 Å². The van der Waals surface area contributed by atoms with Crippen LogP contribution in [0.3, 0.4) is 0 Å². The molecule has 0 aliphatic heterocycles. The van der Waals surface area contributed by atoms with Crippen molar-refractivity contribution in [1.82, 2.24) is 15.0 Å². The van der Waals surface area contributed by atoms with Gasteiger partial charge in [-0.2, -0.15) is 0 Å². The second kappa shape index (κ2) is 5.28. The number of rotatable bonds is 2. The quantitative estimate of drug-likeness (QED) is 0.922. The summed E-state index contributed by atoms with van der Waals surface area (Å²) < 4.78 is 0. The standard InChI is InChI=1S/C14H16N4OS/c1-8-9(2)15-7-16-12(8)13(19)18-14-17-10-5-3-4-6-11(10)20-14/h7H,3-6H2,1-2H3,(H,17,18,19). The minimum Gasteiger partial charge on any atom is -0.296 e. The number of carbonyl (C=O) groups is 1. The number of thiazole rings is 1. The molecule has 1 amide bonds. The second-order valence-corrected chi connectivity index (χ2v) is 6.07. The van der Waals surface area contributed by atoms with Gasteiger partial charge in [-0.15, -0.1) is 11.3 Å². The summed E-state index contributed by atoms with van der Waals surface area (Å²) in [6, 6.07) is 0. The zero-order valence-corrected chi connectivity index (χ0v) is 12.4. The van der Waals surface area contributed by atoms with Gasteiger partial charge in [0, 0.05) is 16.1 Å². The molecule has 5 nitrogen and oxygen atoms in total. The smallest absolute Gasteiger partial charge is 0.276 e. The Balaban J connectivity index is 1.82. The molecular formula is C14H16N4OS. The number of carbonyl (C=O) groups excluding carboxylic acids is 1. The maximum absolute atomic E-state index is 12.3. The highest BCUT2D eigenvalue weighted by atomic mass is 32.1. The topological polar surface area (TPSA) is 67.8 Å². The minimum atomic E-state index is -0.209. The molecule has 104 valence electrons. The lowest BCUT2D eigenvalue weighted by atomic mass is 10.0. The van der Waals surface area contributed by atoms with E-state index >= 15 is 0 Å². The van der Waals surface area contributed by atoms with Crippen molar-refractivity contribution in [3.8, 4) is 0 Å². The second-order valence-electron chi connectivity index (χ2n) is 4.98. The summed E-state index contributed by atoms with van der Waals surface area (Å²) in [5.74, 6) is -0.209. The maximum Gasteiger partial charge on any atom is 0.276 e. The molecule has 6 heteroatoms. The fourth-order valence-corrected chi connectivity index (χ4v) is 3.37. The van der Waals surface area contributed by atoms with Gasteiger partial charge in [-0.25, -0.2) is 15.0 Å². The van der Waals surface area contributed by atoms with Gasteiger partial charge in [0.25, 0.3) is 5.91 Å². The summed E-state index contributed by atoms with van der Waals surface area (Å²) in [7, 11) is 0. The number of nitrogens with one attached hydrogen (secondary N) is 1. The molecule has 2 aromatic heterocycles. The lowest BCUT2D eigenvalue weighted by Crippen LogP contribution is -2.16. The number of hydrogen-bond donors (Lipinski definition) is 1. The lowest BCUT2D eigenvalue weighted by Gasteiger charge is -2.06. The van der Waals surface area contributed by atoms with Gasteiger partial charge in [0.05, 0.1) is 5.69 Å². The van der Waals surface area contributed by atoms with Crippen LogP contribution in [0.15, 0.2) is 6.33 Å². The number of nitrogens with zero attached hydrogens (tertiary/aromatic N) is 3. The van der Waals surface area contributed by atoms with E-state index in [2.05, 4.69) is 20.3 Å². The molecule has 0 spiro atoms. The summed E-state index contributed by atoms with van der Waals surface area (Å²) in [5.41, 5.74) is 3.20. The summed E-state index contributed by atoms with van der Waals surface area (Å²) >= 11 is 1.58. The molecule has 2 aromatic rings.